The fraction of sp³-hybridized carbons (Fsp3) is 0.394. The number of ether oxygens (including phenoxy) is 1. The molecule has 10 nitrogen and oxygen atoms in total. The molecule has 3 atom stereocenters. The van der Waals surface area contributed by atoms with E-state index in [0.29, 0.717) is 36.5 Å². The third-order valence-corrected chi connectivity index (χ3v) is 9.87. The maximum absolute atomic E-state index is 15.9. The zero-order valence-corrected chi connectivity index (χ0v) is 28.0. The Morgan fingerprint density at radius 2 is 1.80 bits per heavy atom. The van der Waals surface area contributed by atoms with Crippen molar-refractivity contribution >= 4 is 51.4 Å². The highest BCUT2D eigenvalue weighted by Gasteiger charge is 2.43. The fourth-order valence-corrected chi connectivity index (χ4v) is 7.40. The molecule has 1 amide bonds. The number of alkyl halides is 5. The molecule has 16 heteroatoms. The Hall–Kier alpha value is -4.30. The molecule has 6 rings (SSSR count). The predicted octanol–water partition coefficient (Wildman–Crippen LogP) is 4.89. The lowest BCUT2D eigenvalue weighted by atomic mass is 10.0. The minimum Gasteiger partial charge on any atom is -0.486 e. The first-order valence-electron chi connectivity index (χ1n) is 15.6. The summed E-state index contributed by atoms with van der Waals surface area (Å²) in [5.74, 6) is -0.579. The largest absolute Gasteiger partial charge is 0.486 e. The average molecular weight is 724 g/mol. The van der Waals surface area contributed by atoms with E-state index in [1.54, 1.807) is 23.6 Å². The first-order valence-corrected chi connectivity index (χ1v) is 16.4. The minimum atomic E-state index is -5.23. The molecule has 3 aromatic rings. The van der Waals surface area contributed by atoms with Crippen molar-refractivity contribution in [2.45, 2.75) is 56.9 Å². The van der Waals surface area contributed by atoms with Crippen LogP contribution in [0.25, 0.3) is 22.3 Å². The number of hydrogen-bond acceptors (Lipinski definition) is 7. The van der Waals surface area contributed by atoms with Crippen LogP contribution in [0.2, 0.25) is 0 Å². The number of fused-ring (bicyclic) bond motifs is 5. The molecule has 2 N–H and O–H groups in total. The molecule has 0 aromatic carbocycles. The van der Waals surface area contributed by atoms with Crippen molar-refractivity contribution < 1.29 is 27.1 Å². The number of nitrogens with two attached hydrogens (primary N) is 1. The molecule has 5 heterocycles. The lowest BCUT2D eigenvalue weighted by Crippen LogP contribution is -2.54. The van der Waals surface area contributed by atoms with Gasteiger partial charge in [-0.15, -0.1) is 11.6 Å². The molecule has 3 aliphatic rings. The minimum absolute atomic E-state index is 0.000731. The topological polar surface area (TPSA) is 116 Å². The molecule has 3 aromatic heterocycles. The molecule has 1 fully saturated rings. The molecule has 2 aliphatic heterocycles. The molecule has 1 saturated heterocycles. The van der Waals surface area contributed by atoms with E-state index in [9.17, 15) is 14.4 Å². The number of allylic oxidation sites excluding steroid dienone is 3. The second kappa shape index (κ2) is 12.9. The summed E-state index contributed by atoms with van der Waals surface area (Å²) in [6.07, 6.45) is -1.38. The van der Waals surface area contributed by atoms with Gasteiger partial charge in [0.15, 0.2) is 6.17 Å². The van der Waals surface area contributed by atoms with Gasteiger partial charge in [0.25, 0.3) is 11.1 Å². The van der Waals surface area contributed by atoms with Crippen LogP contribution in [0.1, 0.15) is 37.1 Å². The molecular weight excluding hydrogens is 691 g/mol. The van der Waals surface area contributed by atoms with Crippen LogP contribution in [-0.4, -0.2) is 68.8 Å². The summed E-state index contributed by atoms with van der Waals surface area (Å²) < 4.78 is 68.5. The van der Waals surface area contributed by atoms with E-state index >= 15 is 17.6 Å². The number of anilines is 1. The maximum atomic E-state index is 15.9. The van der Waals surface area contributed by atoms with Crippen molar-refractivity contribution in [2.24, 2.45) is 5.73 Å². The van der Waals surface area contributed by atoms with E-state index in [4.69, 9.17) is 33.7 Å². The number of amides is 1. The van der Waals surface area contributed by atoms with Crippen molar-refractivity contribution in [3.8, 4) is 11.4 Å². The van der Waals surface area contributed by atoms with Gasteiger partial charge in [-0.05, 0) is 42.2 Å². The summed E-state index contributed by atoms with van der Waals surface area (Å²) in [5, 5.41) is -2.13. The zero-order chi connectivity index (χ0) is 35.5. The first kappa shape index (κ1) is 34.6. The van der Waals surface area contributed by atoms with E-state index in [1.807, 2.05) is 0 Å². The van der Waals surface area contributed by atoms with Gasteiger partial charge in [0.05, 0.1) is 45.8 Å². The van der Waals surface area contributed by atoms with Crippen molar-refractivity contribution in [2.75, 3.05) is 31.1 Å². The molecule has 2 unspecified atom stereocenters. The summed E-state index contributed by atoms with van der Waals surface area (Å²) in [5.41, 5.74) is 1.66. The predicted molar refractivity (Wildman–Crippen MR) is 179 cm³/mol. The molecule has 0 radical (unpaired) electrons. The quantitative estimate of drug-likeness (QED) is 0.227. The highest BCUT2D eigenvalue weighted by Crippen LogP contribution is 2.43. The number of carbonyl (C=O) groups excluding carboxylic acids is 1. The Balaban J connectivity index is 1.82. The monoisotopic (exact) mass is 722 g/mol. The van der Waals surface area contributed by atoms with E-state index in [1.165, 1.54) is 18.5 Å². The van der Waals surface area contributed by atoms with Crippen LogP contribution in [0.3, 0.4) is 0 Å². The van der Waals surface area contributed by atoms with Gasteiger partial charge in [-0.1, -0.05) is 32.0 Å². The Labute approximate surface area is 287 Å². The molecular formula is C33H32Cl2F4N6O4. The zero-order valence-electron chi connectivity index (χ0n) is 26.5. The summed E-state index contributed by atoms with van der Waals surface area (Å²) in [7, 11) is 0. The number of pyridine rings is 3. The van der Waals surface area contributed by atoms with Gasteiger partial charge in [0.1, 0.15) is 11.2 Å². The lowest BCUT2D eigenvalue weighted by Gasteiger charge is -2.42. The maximum Gasteiger partial charge on any atom is 0.431 e. The van der Waals surface area contributed by atoms with Crippen LogP contribution in [0, 0.1) is 0 Å². The number of halogens is 6. The number of rotatable bonds is 5. The number of aromatic nitrogens is 3. The van der Waals surface area contributed by atoms with Crippen molar-refractivity contribution in [3.63, 3.8) is 0 Å². The van der Waals surface area contributed by atoms with E-state index < -0.39 is 57.5 Å². The summed E-state index contributed by atoms with van der Waals surface area (Å²) >= 11 is 12.3. The summed E-state index contributed by atoms with van der Waals surface area (Å²) in [6, 6.07) is 0.222. The number of piperazine rings is 1. The molecule has 260 valence electrons. The van der Waals surface area contributed by atoms with Crippen molar-refractivity contribution in [3.05, 3.63) is 85.4 Å². The average Bonchev–Trinajstić information content (AvgIpc) is 3.27. The fourth-order valence-electron chi connectivity index (χ4n) is 6.85. The number of aryl methyl sites for hydroxylation is 2. The third-order valence-electron chi connectivity index (χ3n) is 9.19. The smallest absolute Gasteiger partial charge is 0.431 e. The van der Waals surface area contributed by atoms with Crippen LogP contribution in [-0.2, 0) is 23.8 Å². The van der Waals surface area contributed by atoms with Crippen LogP contribution in [0.4, 0.5) is 23.2 Å². The summed E-state index contributed by atoms with van der Waals surface area (Å²) in [6.45, 7) is 7.59. The van der Waals surface area contributed by atoms with Crippen LogP contribution >= 0.6 is 23.2 Å². The van der Waals surface area contributed by atoms with Gasteiger partial charge < -0.3 is 20.3 Å². The Morgan fingerprint density at radius 3 is 2.41 bits per heavy atom. The van der Waals surface area contributed by atoms with Gasteiger partial charge in [0.2, 0.25) is 11.7 Å². The van der Waals surface area contributed by atoms with E-state index in [0.717, 1.165) is 10.6 Å². The highest BCUT2D eigenvalue weighted by atomic mass is 35.5. The SMILES string of the molecule is C=CC(=O)N1CCN2c3c(c(=O)n(-c4c(CC)cncc4CC)c4c(=O)n(C5=C(N)C(Cl)=CC(Cl)C5F)c(C(F)(F)F)cc34)OCC[C@H]2C1. The summed E-state index contributed by atoms with van der Waals surface area (Å²) in [4.78, 5) is 49.6. The van der Waals surface area contributed by atoms with Gasteiger partial charge in [-0.2, -0.15) is 13.2 Å². The number of carbonyl (C=O) groups is 1. The van der Waals surface area contributed by atoms with Crippen molar-refractivity contribution in [1.82, 2.24) is 19.0 Å². The van der Waals surface area contributed by atoms with E-state index in [2.05, 4.69) is 11.6 Å². The third kappa shape index (κ3) is 5.58. The van der Waals surface area contributed by atoms with Gasteiger partial charge in [-0.25, -0.2) is 4.39 Å². The van der Waals surface area contributed by atoms with Gasteiger partial charge in [0, 0.05) is 43.8 Å². The molecule has 1 aliphatic carbocycles. The second-order valence-corrected chi connectivity index (χ2v) is 12.8. The standard InChI is InChI=1S/C33H32Cl2F4N6O4/c1-4-16-13-41-14-17(5-2)26(16)45-28-19(27-30(32(45)48)49-10-7-18-15-42(23(46)6-3)8-9-43(18)27)11-22(33(37,38)39)44(31(28)47)29-24(36)20(34)12-21(35)25(29)40/h6,11-14,18,20,24H,3-5,7-10,15,40H2,1-2H3/t18-,20?,24?/m0/s1. The van der Waals surface area contributed by atoms with Crippen molar-refractivity contribution in [1.29, 1.82) is 0 Å². The van der Waals surface area contributed by atoms with Gasteiger partial charge >= 0.3 is 6.18 Å². The lowest BCUT2D eigenvalue weighted by molar-refractivity contribution is -0.142. The van der Waals surface area contributed by atoms with Crippen LogP contribution in [0.15, 0.2) is 57.5 Å². The van der Waals surface area contributed by atoms with Gasteiger partial charge in [-0.3, -0.25) is 28.5 Å². The Morgan fingerprint density at radius 1 is 1.12 bits per heavy atom. The number of hydrogen-bond donors (Lipinski definition) is 1. The molecule has 0 saturated carbocycles. The number of nitrogens with zero attached hydrogens (tertiary/aromatic N) is 5. The molecule has 0 spiro atoms. The molecule has 49 heavy (non-hydrogen) atoms. The van der Waals surface area contributed by atoms with Crippen LogP contribution < -0.4 is 26.5 Å². The first-order chi connectivity index (χ1) is 23.2. The highest BCUT2D eigenvalue weighted by molar-refractivity contribution is 6.34. The second-order valence-electron chi connectivity index (χ2n) is 11.9. The Kier molecular flexibility index (Phi) is 9.07. The molecule has 0 bridgehead atoms. The van der Waals surface area contributed by atoms with E-state index in [-0.39, 0.29) is 64.3 Å². The Bertz CT molecular complexity index is 2050. The normalized spacial score (nSPS) is 21.1. The van der Waals surface area contributed by atoms with Crippen LogP contribution in [0.5, 0.6) is 5.75 Å².